The average Bonchev–Trinajstić information content (AvgIpc) is 2.53. The van der Waals surface area contributed by atoms with Gasteiger partial charge in [0.05, 0.1) is 22.3 Å². The molecule has 2 rings (SSSR count). The number of rotatable bonds is 6. The van der Waals surface area contributed by atoms with Crippen molar-refractivity contribution in [2.45, 2.75) is 13.3 Å². The van der Waals surface area contributed by atoms with E-state index < -0.39 is 11.8 Å². The minimum absolute atomic E-state index is 0.324. The summed E-state index contributed by atoms with van der Waals surface area (Å²) >= 11 is 11.7. The topological polar surface area (TPSA) is 67.4 Å². The Morgan fingerprint density at radius 1 is 1.00 bits per heavy atom. The van der Waals surface area contributed by atoms with E-state index in [1.165, 1.54) is 6.07 Å². The van der Waals surface area contributed by atoms with E-state index >= 15 is 0 Å². The lowest BCUT2D eigenvalue weighted by molar-refractivity contribution is -0.123. The summed E-state index contributed by atoms with van der Waals surface area (Å²) in [5, 5.41) is 5.97. The van der Waals surface area contributed by atoms with Gasteiger partial charge in [0.15, 0.2) is 0 Å². The zero-order chi connectivity index (χ0) is 17.5. The SMILES string of the molecule is CCOc1ccccc1NC(=O)CC(=O)Nc1ccc(Cl)c(Cl)c1. The minimum Gasteiger partial charge on any atom is -0.492 e. The Morgan fingerprint density at radius 3 is 2.42 bits per heavy atom. The predicted molar refractivity (Wildman–Crippen MR) is 95.9 cm³/mol. The van der Waals surface area contributed by atoms with Crippen LogP contribution in [-0.4, -0.2) is 18.4 Å². The molecule has 0 saturated heterocycles. The zero-order valence-electron chi connectivity index (χ0n) is 12.9. The largest absolute Gasteiger partial charge is 0.492 e. The Kier molecular flexibility index (Phi) is 6.46. The van der Waals surface area contributed by atoms with Crippen LogP contribution in [0.4, 0.5) is 11.4 Å². The molecule has 0 saturated carbocycles. The summed E-state index contributed by atoms with van der Waals surface area (Å²) < 4.78 is 5.42. The lowest BCUT2D eigenvalue weighted by Crippen LogP contribution is -2.21. The van der Waals surface area contributed by atoms with E-state index in [0.717, 1.165) is 0 Å². The van der Waals surface area contributed by atoms with E-state index in [4.69, 9.17) is 27.9 Å². The van der Waals surface area contributed by atoms with E-state index in [1.54, 1.807) is 36.4 Å². The zero-order valence-corrected chi connectivity index (χ0v) is 14.4. The molecule has 2 aromatic carbocycles. The normalized spacial score (nSPS) is 10.1. The van der Waals surface area contributed by atoms with Crippen LogP contribution >= 0.6 is 23.2 Å². The van der Waals surface area contributed by atoms with E-state index in [-0.39, 0.29) is 6.42 Å². The molecule has 7 heteroatoms. The first-order valence-electron chi connectivity index (χ1n) is 7.26. The van der Waals surface area contributed by atoms with Crippen LogP contribution in [-0.2, 0) is 9.59 Å². The Hall–Kier alpha value is -2.24. The third-order valence-electron chi connectivity index (χ3n) is 2.99. The summed E-state index contributed by atoms with van der Waals surface area (Å²) in [6, 6.07) is 11.7. The Labute approximate surface area is 149 Å². The molecule has 0 aromatic heterocycles. The van der Waals surface area contributed by atoms with Crippen molar-refractivity contribution in [2.75, 3.05) is 17.2 Å². The summed E-state index contributed by atoms with van der Waals surface area (Å²) in [5.41, 5.74) is 0.989. The number of carbonyl (C=O) groups excluding carboxylic acids is 2. The van der Waals surface area contributed by atoms with Crippen LogP contribution in [0.1, 0.15) is 13.3 Å². The lowest BCUT2D eigenvalue weighted by atomic mass is 10.2. The minimum atomic E-state index is -0.459. The molecule has 126 valence electrons. The van der Waals surface area contributed by atoms with Crippen molar-refractivity contribution < 1.29 is 14.3 Å². The molecule has 0 radical (unpaired) electrons. The van der Waals surface area contributed by atoms with Gasteiger partial charge in [-0.25, -0.2) is 0 Å². The molecule has 2 amide bonds. The van der Waals surface area contributed by atoms with Crippen molar-refractivity contribution >= 4 is 46.4 Å². The molecule has 0 aliphatic carbocycles. The van der Waals surface area contributed by atoms with Crippen molar-refractivity contribution in [3.63, 3.8) is 0 Å². The van der Waals surface area contributed by atoms with Gasteiger partial charge in [-0.2, -0.15) is 0 Å². The second-order valence-electron chi connectivity index (χ2n) is 4.83. The monoisotopic (exact) mass is 366 g/mol. The second kappa shape index (κ2) is 8.57. The maximum atomic E-state index is 12.0. The fourth-order valence-electron chi connectivity index (χ4n) is 1.97. The third-order valence-corrected chi connectivity index (χ3v) is 3.72. The van der Waals surface area contributed by atoms with E-state index in [1.807, 2.05) is 6.92 Å². The summed E-state index contributed by atoms with van der Waals surface area (Å²) in [6.07, 6.45) is -0.333. The molecular formula is C17H16Cl2N2O3. The quantitative estimate of drug-likeness (QED) is 0.746. The van der Waals surface area contributed by atoms with Gasteiger partial charge in [-0.15, -0.1) is 0 Å². The molecule has 0 aliphatic rings. The fourth-order valence-corrected chi connectivity index (χ4v) is 2.27. The van der Waals surface area contributed by atoms with Crippen LogP contribution < -0.4 is 15.4 Å². The van der Waals surface area contributed by atoms with Crippen molar-refractivity contribution in [2.24, 2.45) is 0 Å². The molecular weight excluding hydrogens is 351 g/mol. The van der Waals surface area contributed by atoms with Crippen molar-refractivity contribution in [1.82, 2.24) is 0 Å². The standard InChI is InChI=1S/C17H16Cl2N2O3/c1-2-24-15-6-4-3-5-14(15)21-17(23)10-16(22)20-11-7-8-12(18)13(19)9-11/h3-9H,2,10H2,1H3,(H,20,22)(H,21,23). The highest BCUT2D eigenvalue weighted by Gasteiger charge is 2.12. The maximum absolute atomic E-state index is 12.0. The number of hydrogen-bond acceptors (Lipinski definition) is 3. The first-order chi connectivity index (χ1) is 11.5. The highest BCUT2D eigenvalue weighted by atomic mass is 35.5. The number of anilines is 2. The third kappa shape index (κ3) is 5.15. The number of hydrogen-bond donors (Lipinski definition) is 2. The van der Waals surface area contributed by atoms with Gasteiger partial charge in [-0.05, 0) is 37.3 Å². The smallest absolute Gasteiger partial charge is 0.233 e. The van der Waals surface area contributed by atoms with E-state index in [0.29, 0.717) is 33.8 Å². The molecule has 0 heterocycles. The van der Waals surface area contributed by atoms with Crippen LogP contribution in [0.3, 0.4) is 0 Å². The predicted octanol–water partition coefficient (Wildman–Crippen LogP) is 4.36. The van der Waals surface area contributed by atoms with Crippen LogP contribution in [0.2, 0.25) is 10.0 Å². The number of nitrogens with one attached hydrogen (secondary N) is 2. The number of amides is 2. The molecule has 2 aromatic rings. The molecule has 0 spiro atoms. The Morgan fingerprint density at radius 2 is 1.71 bits per heavy atom. The van der Waals surface area contributed by atoms with Crippen LogP contribution in [0.25, 0.3) is 0 Å². The van der Waals surface area contributed by atoms with Gasteiger partial charge < -0.3 is 15.4 Å². The molecule has 5 nitrogen and oxygen atoms in total. The van der Waals surface area contributed by atoms with Gasteiger partial charge in [-0.1, -0.05) is 35.3 Å². The fraction of sp³-hybridized carbons (Fsp3) is 0.176. The maximum Gasteiger partial charge on any atom is 0.233 e. The summed E-state index contributed by atoms with van der Waals surface area (Å²) in [4.78, 5) is 24.0. The number of benzene rings is 2. The van der Waals surface area contributed by atoms with E-state index in [2.05, 4.69) is 10.6 Å². The second-order valence-corrected chi connectivity index (χ2v) is 5.65. The Balaban J connectivity index is 1.94. The molecule has 0 fully saturated rings. The van der Waals surface area contributed by atoms with Gasteiger partial charge in [-0.3, -0.25) is 9.59 Å². The average molecular weight is 367 g/mol. The summed E-state index contributed by atoms with van der Waals surface area (Å²) in [6.45, 7) is 2.33. The molecule has 0 bridgehead atoms. The van der Waals surface area contributed by atoms with Crippen LogP contribution in [0.5, 0.6) is 5.75 Å². The van der Waals surface area contributed by atoms with Crippen molar-refractivity contribution in [1.29, 1.82) is 0 Å². The highest BCUT2D eigenvalue weighted by Crippen LogP contribution is 2.25. The molecule has 0 aliphatic heterocycles. The summed E-state index contributed by atoms with van der Waals surface area (Å²) in [7, 11) is 0. The number of halogens is 2. The first-order valence-corrected chi connectivity index (χ1v) is 8.01. The van der Waals surface area contributed by atoms with Crippen LogP contribution in [0.15, 0.2) is 42.5 Å². The molecule has 0 unspecified atom stereocenters. The summed E-state index contributed by atoms with van der Waals surface area (Å²) in [5.74, 6) is -0.349. The van der Waals surface area contributed by atoms with Gasteiger partial charge in [0.2, 0.25) is 11.8 Å². The van der Waals surface area contributed by atoms with Gasteiger partial charge in [0.1, 0.15) is 12.2 Å². The molecule has 0 atom stereocenters. The first kappa shape index (κ1) is 18.1. The number of ether oxygens (including phenoxy) is 1. The van der Waals surface area contributed by atoms with E-state index in [9.17, 15) is 9.59 Å². The lowest BCUT2D eigenvalue weighted by Gasteiger charge is -2.11. The number of para-hydroxylation sites is 2. The van der Waals surface area contributed by atoms with Gasteiger partial charge in [0, 0.05) is 5.69 Å². The van der Waals surface area contributed by atoms with Crippen molar-refractivity contribution in [3.8, 4) is 5.75 Å². The highest BCUT2D eigenvalue weighted by molar-refractivity contribution is 6.42. The van der Waals surface area contributed by atoms with Crippen molar-refractivity contribution in [3.05, 3.63) is 52.5 Å². The molecule has 2 N–H and O–H groups in total. The van der Waals surface area contributed by atoms with Gasteiger partial charge >= 0.3 is 0 Å². The molecule has 24 heavy (non-hydrogen) atoms. The van der Waals surface area contributed by atoms with Gasteiger partial charge in [0.25, 0.3) is 0 Å². The Bertz CT molecular complexity index is 750. The van der Waals surface area contributed by atoms with Crippen LogP contribution in [0, 0.1) is 0 Å². The number of carbonyl (C=O) groups is 2.